The summed E-state index contributed by atoms with van der Waals surface area (Å²) in [6.45, 7) is -0.525. The maximum absolute atomic E-state index is 12.9. The van der Waals surface area contributed by atoms with Crippen molar-refractivity contribution in [2.45, 2.75) is 44.2 Å². The lowest BCUT2D eigenvalue weighted by Crippen LogP contribution is -2.48. The van der Waals surface area contributed by atoms with Gasteiger partial charge in [0.25, 0.3) is 5.91 Å². The molecule has 2 aromatic rings. The van der Waals surface area contributed by atoms with E-state index in [1.54, 1.807) is 29.2 Å². The standard InChI is InChI=1S/C21H23NO7S/c23-17-11-19(29-18-8-4-3-7-16(17)18)21(25)28-12-20(24)22(14-5-1-2-6-14)15-9-10-30(26,27)13-15/h3-4,7-8,11,14-15H,1-2,5-6,9-10,12-13H2. The fourth-order valence-corrected chi connectivity index (χ4v) is 6.07. The summed E-state index contributed by atoms with van der Waals surface area (Å²) in [5.74, 6) is -1.58. The Hall–Kier alpha value is -2.68. The summed E-state index contributed by atoms with van der Waals surface area (Å²) in [6.07, 6.45) is 4.00. The highest BCUT2D eigenvalue weighted by Crippen LogP contribution is 2.29. The smallest absolute Gasteiger partial charge is 0.374 e. The number of hydrogen-bond donors (Lipinski definition) is 0. The number of ether oxygens (including phenoxy) is 1. The van der Waals surface area contributed by atoms with E-state index < -0.39 is 28.3 Å². The maximum atomic E-state index is 12.9. The van der Waals surface area contributed by atoms with Crippen LogP contribution in [-0.4, -0.2) is 55.4 Å². The van der Waals surface area contributed by atoms with Gasteiger partial charge in [0.05, 0.1) is 16.9 Å². The number of amides is 1. The highest BCUT2D eigenvalue weighted by atomic mass is 32.2. The second kappa shape index (κ2) is 8.22. The van der Waals surface area contributed by atoms with E-state index in [0.717, 1.165) is 31.7 Å². The SMILES string of the molecule is O=C(OCC(=O)N(C1CCCC1)C1CCS(=O)(=O)C1)c1cc(=O)c2ccccc2o1. The predicted octanol–water partition coefficient (Wildman–Crippen LogP) is 1.91. The molecular weight excluding hydrogens is 410 g/mol. The quantitative estimate of drug-likeness (QED) is 0.662. The van der Waals surface area contributed by atoms with Crippen LogP contribution in [0.5, 0.6) is 0 Å². The second-order valence-corrected chi connectivity index (χ2v) is 10.1. The molecule has 2 heterocycles. The fourth-order valence-electron chi connectivity index (χ4n) is 4.36. The Morgan fingerprint density at radius 2 is 1.83 bits per heavy atom. The van der Waals surface area contributed by atoms with Gasteiger partial charge in [0.1, 0.15) is 5.58 Å². The van der Waals surface area contributed by atoms with Crippen LogP contribution in [0.1, 0.15) is 42.7 Å². The summed E-state index contributed by atoms with van der Waals surface area (Å²) in [5, 5.41) is 0.347. The number of hydrogen-bond acceptors (Lipinski definition) is 7. The lowest BCUT2D eigenvalue weighted by atomic mass is 10.1. The van der Waals surface area contributed by atoms with E-state index in [1.165, 1.54) is 0 Å². The Morgan fingerprint density at radius 3 is 2.53 bits per heavy atom. The molecule has 1 atom stereocenters. The van der Waals surface area contributed by atoms with Crippen molar-refractivity contribution in [2.75, 3.05) is 18.1 Å². The molecule has 0 spiro atoms. The number of carbonyl (C=O) groups is 2. The largest absolute Gasteiger partial charge is 0.450 e. The van der Waals surface area contributed by atoms with Crippen molar-refractivity contribution in [2.24, 2.45) is 0 Å². The highest BCUT2D eigenvalue weighted by Gasteiger charge is 2.39. The third-order valence-corrected chi connectivity index (χ3v) is 7.52. The van der Waals surface area contributed by atoms with Gasteiger partial charge in [-0.3, -0.25) is 9.59 Å². The molecule has 2 aliphatic rings. The van der Waals surface area contributed by atoms with Crippen LogP contribution in [0.4, 0.5) is 0 Å². The topological polar surface area (TPSA) is 111 Å². The number of sulfone groups is 1. The van der Waals surface area contributed by atoms with Gasteiger partial charge in [0.15, 0.2) is 21.9 Å². The number of para-hydroxylation sites is 1. The van der Waals surface area contributed by atoms with Gasteiger partial charge in [-0.1, -0.05) is 25.0 Å². The zero-order chi connectivity index (χ0) is 21.3. The molecule has 2 fully saturated rings. The van der Waals surface area contributed by atoms with Crippen molar-refractivity contribution in [3.63, 3.8) is 0 Å². The van der Waals surface area contributed by atoms with Crippen molar-refractivity contribution < 1.29 is 27.2 Å². The zero-order valence-corrected chi connectivity index (χ0v) is 17.2. The lowest BCUT2D eigenvalue weighted by Gasteiger charge is -2.33. The van der Waals surface area contributed by atoms with E-state index in [9.17, 15) is 22.8 Å². The van der Waals surface area contributed by atoms with Gasteiger partial charge < -0.3 is 14.1 Å². The van der Waals surface area contributed by atoms with Gasteiger partial charge in [-0.25, -0.2) is 13.2 Å². The molecule has 4 rings (SSSR count). The van der Waals surface area contributed by atoms with E-state index in [-0.39, 0.29) is 40.4 Å². The molecule has 160 valence electrons. The van der Waals surface area contributed by atoms with Gasteiger partial charge in [-0.15, -0.1) is 0 Å². The summed E-state index contributed by atoms with van der Waals surface area (Å²) >= 11 is 0. The molecule has 30 heavy (non-hydrogen) atoms. The minimum Gasteiger partial charge on any atom is -0.450 e. The predicted molar refractivity (Wildman–Crippen MR) is 109 cm³/mol. The first kappa shape index (κ1) is 20.6. The maximum Gasteiger partial charge on any atom is 0.374 e. The normalized spacial score (nSPS) is 21.0. The number of rotatable bonds is 5. The molecule has 0 N–H and O–H groups in total. The first-order valence-corrected chi connectivity index (χ1v) is 11.9. The molecule has 1 saturated heterocycles. The molecule has 1 aromatic heterocycles. The second-order valence-electron chi connectivity index (χ2n) is 7.84. The van der Waals surface area contributed by atoms with Crippen molar-refractivity contribution >= 4 is 32.7 Å². The molecule has 0 bridgehead atoms. The summed E-state index contributed by atoms with van der Waals surface area (Å²) < 4.78 is 34.4. The summed E-state index contributed by atoms with van der Waals surface area (Å²) in [4.78, 5) is 39.1. The van der Waals surface area contributed by atoms with Crippen LogP contribution in [0.2, 0.25) is 0 Å². The van der Waals surface area contributed by atoms with Gasteiger partial charge in [0, 0.05) is 18.2 Å². The minimum absolute atomic E-state index is 0.0342. The van der Waals surface area contributed by atoms with Crippen LogP contribution in [0.25, 0.3) is 11.0 Å². The van der Waals surface area contributed by atoms with Crippen LogP contribution < -0.4 is 5.43 Å². The van der Waals surface area contributed by atoms with Gasteiger partial charge in [-0.05, 0) is 31.4 Å². The minimum atomic E-state index is -3.15. The Bertz CT molecular complexity index is 1130. The summed E-state index contributed by atoms with van der Waals surface area (Å²) in [5.41, 5.74) is -0.120. The Labute approximate surface area is 173 Å². The van der Waals surface area contributed by atoms with Crippen molar-refractivity contribution in [3.8, 4) is 0 Å². The van der Waals surface area contributed by atoms with E-state index in [2.05, 4.69) is 0 Å². The number of nitrogens with zero attached hydrogens (tertiary/aromatic N) is 1. The molecule has 1 aromatic carbocycles. The van der Waals surface area contributed by atoms with Gasteiger partial charge in [-0.2, -0.15) is 0 Å². The Kier molecular flexibility index (Phi) is 5.64. The highest BCUT2D eigenvalue weighted by molar-refractivity contribution is 7.91. The Morgan fingerprint density at radius 1 is 1.10 bits per heavy atom. The number of esters is 1. The van der Waals surface area contributed by atoms with Crippen molar-refractivity contribution in [1.82, 2.24) is 4.90 Å². The first-order valence-electron chi connectivity index (χ1n) is 10.1. The van der Waals surface area contributed by atoms with E-state index in [1.807, 2.05) is 0 Å². The molecule has 1 unspecified atom stereocenters. The molecule has 1 aliphatic carbocycles. The molecule has 1 amide bonds. The third-order valence-electron chi connectivity index (χ3n) is 5.77. The monoisotopic (exact) mass is 433 g/mol. The average molecular weight is 433 g/mol. The van der Waals surface area contributed by atoms with Gasteiger partial charge >= 0.3 is 5.97 Å². The van der Waals surface area contributed by atoms with Crippen LogP contribution in [0.3, 0.4) is 0 Å². The summed E-state index contributed by atoms with van der Waals surface area (Å²) in [6, 6.07) is 7.16. The van der Waals surface area contributed by atoms with Crippen LogP contribution >= 0.6 is 0 Å². The molecule has 9 heteroatoms. The molecule has 0 radical (unpaired) electrons. The average Bonchev–Trinajstić information content (AvgIpc) is 3.36. The number of fused-ring (bicyclic) bond motifs is 1. The van der Waals surface area contributed by atoms with E-state index in [4.69, 9.17) is 9.15 Å². The Balaban J connectivity index is 1.48. The van der Waals surface area contributed by atoms with Crippen molar-refractivity contribution in [1.29, 1.82) is 0 Å². The fraction of sp³-hybridized carbons (Fsp3) is 0.476. The molecule has 1 saturated carbocycles. The number of carbonyl (C=O) groups excluding carboxylic acids is 2. The van der Waals surface area contributed by atoms with Gasteiger partial charge in [0.2, 0.25) is 5.76 Å². The molecular formula is C21H23NO7S. The zero-order valence-electron chi connectivity index (χ0n) is 16.4. The van der Waals surface area contributed by atoms with Crippen LogP contribution in [-0.2, 0) is 19.4 Å². The van der Waals surface area contributed by atoms with Crippen LogP contribution in [0.15, 0.2) is 39.5 Å². The van der Waals surface area contributed by atoms with E-state index in [0.29, 0.717) is 11.8 Å². The molecule has 1 aliphatic heterocycles. The van der Waals surface area contributed by atoms with E-state index >= 15 is 0 Å². The van der Waals surface area contributed by atoms with Crippen LogP contribution in [0, 0.1) is 0 Å². The first-order chi connectivity index (χ1) is 14.3. The third kappa shape index (κ3) is 4.26. The summed E-state index contributed by atoms with van der Waals surface area (Å²) in [7, 11) is -3.15. The van der Waals surface area contributed by atoms with Crippen molar-refractivity contribution in [3.05, 3.63) is 46.3 Å². The molecule has 8 nitrogen and oxygen atoms in total. The lowest BCUT2D eigenvalue weighted by molar-refractivity contribution is -0.139. The number of benzene rings is 1.